The maximum atomic E-state index is 5.45. The lowest BCUT2D eigenvalue weighted by Crippen LogP contribution is -2.14. The van der Waals surface area contributed by atoms with Crippen molar-refractivity contribution in [3.8, 4) is 0 Å². The maximum absolute atomic E-state index is 5.45. The van der Waals surface area contributed by atoms with Crippen LogP contribution in [0.2, 0.25) is 0 Å². The van der Waals surface area contributed by atoms with Crippen molar-refractivity contribution in [2.24, 2.45) is 11.8 Å². The Morgan fingerprint density at radius 2 is 0.818 bits per heavy atom. The van der Waals surface area contributed by atoms with Gasteiger partial charge in [-0.25, -0.2) is 0 Å². The van der Waals surface area contributed by atoms with Crippen molar-refractivity contribution in [2.45, 2.75) is 34.1 Å². The second-order valence-electron chi connectivity index (χ2n) is 6.10. The highest BCUT2D eigenvalue weighted by Crippen LogP contribution is 1.98. The Hall–Kier alpha value is -0.200. The minimum Gasteiger partial charge on any atom is -0.379 e. The Morgan fingerprint density at radius 3 is 1.18 bits per heavy atom. The molecular formula is C17H36O5. The van der Waals surface area contributed by atoms with E-state index in [0.29, 0.717) is 64.7 Å². The zero-order chi connectivity index (χ0) is 16.5. The summed E-state index contributed by atoms with van der Waals surface area (Å²) in [5, 5.41) is 0. The summed E-state index contributed by atoms with van der Waals surface area (Å²) >= 11 is 0. The highest BCUT2D eigenvalue weighted by atomic mass is 16.6. The Bertz CT molecular complexity index is 187. The van der Waals surface area contributed by atoms with Gasteiger partial charge in [0.25, 0.3) is 0 Å². The van der Waals surface area contributed by atoms with E-state index in [0.717, 1.165) is 19.6 Å². The van der Waals surface area contributed by atoms with E-state index in [2.05, 4.69) is 27.7 Å². The molecule has 0 atom stereocenters. The average molecular weight is 320 g/mol. The molecule has 0 rings (SSSR count). The minimum absolute atomic E-state index is 0.573. The summed E-state index contributed by atoms with van der Waals surface area (Å²) in [5.74, 6) is 1.27. The largest absolute Gasteiger partial charge is 0.379 e. The average Bonchev–Trinajstić information content (AvgIpc) is 2.46. The molecule has 0 aromatic rings. The number of hydrogen-bond donors (Lipinski definition) is 0. The topological polar surface area (TPSA) is 46.2 Å². The molecule has 0 unspecified atom stereocenters. The number of hydrogen-bond acceptors (Lipinski definition) is 5. The molecule has 0 N–H and O–H groups in total. The molecule has 0 aliphatic rings. The van der Waals surface area contributed by atoms with Crippen LogP contribution in [0.4, 0.5) is 0 Å². The number of rotatable bonds is 17. The summed E-state index contributed by atoms with van der Waals surface area (Å²) in [4.78, 5) is 0. The van der Waals surface area contributed by atoms with E-state index in [1.54, 1.807) is 0 Å². The molecule has 0 aromatic heterocycles. The Labute approximate surface area is 136 Å². The zero-order valence-electron chi connectivity index (χ0n) is 15.0. The molecule has 0 aliphatic carbocycles. The van der Waals surface area contributed by atoms with E-state index in [1.807, 2.05) is 0 Å². The van der Waals surface area contributed by atoms with E-state index in [9.17, 15) is 0 Å². The first-order valence-corrected chi connectivity index (χ1v) is 8.51. The predicted octanol–water partition coefficient (Wildman–Crippen LogP) is 2.77. The fraction of sp³-hybridized carbons (Fsp3) is 1.00. The van der Waals surface area contributed by atoms with Gasteiger partial charge in [0.1, 0.15) is 0 Å². The van der Waals surface area contributed by atoms with Crippen molar-refractivity contribution >= 4 is 0 Å². The Kier molecular flexibility index (Phi) is 17.0. The summed E-state index contributed by atoms with van der Waals surface area (Å²) in [7, 11) is 0. The van der Waals surface area contributed by atoms with Gasteiger partial charge in [0, 0.05) is 13.2 Å². The van der Waals surface area contributed by atoms with Gasteiger partial charge < -0.3 is 23.7 Å². The van der Waals surface area contributed by atoms with Crippen LogP contribution in [0.3, 0.4) is 0 Å². The van der Waals surface area contributed by atoms with Gasteiger partial charge in [0.2, 0.25) is 0 Å². The highest BCUT2D eigenvalue weighted by Gasteiger charge is 1.96. The lowest BCUT2D eigenvalue weighted by Gasteiger charge is -2.09. The first-order chi connectivity index (χ1) is 10.6. The summed E-state index contributed by atoms with van der Waals surface area (Å²) in [6.07, 6.45) is 1.10. The van der Waals surface area contributed by atoms with Crippen LogP contribution in [0.1, 0.15) is 34.1 Å². The molecule has 134 valence electrons. The van der Waals surface area contributed by atoms with Crippen LogP contribution in [-0.4, -0.2) is 66.1 Å². The van der Waals surface area contributed by atoms with Gasteiger partial charge in [0.05, 0.1) is 52.9 Å². The molecule has 0 saturated heterocycles. The van der Waals surface area contributed by atoms with Crippen LogP contribution in [0.15, 0.2) is 0 Å². The monoisotopic (exact) mass is 320 g/mol. The van der Waals surface area contributed by atoms with Crippen LogP contribution in [0, 0.1) is 11.8 Å². The molecule has 22 heavy (non-hydrogen) atoms. The quantitative estimate of drug-likeness (QED) is 0.386. The third kappa shape index (κ3) is 19.8. The first-order valence-electron chi connectivity index (χ1n) is 8.51. The Morgan fingerprint density at radius 1 is 0.455 bits per heavy atom. The van der Waals surface area contributed by atoms with Crippen LogP contribution >= 0.6 is 0 Å². The van der Waals surface area contributed by atoms with Gasteiger partial charge in [-0.15, -0.1) is 0 Å². The summed E-state index contributed by atoms with van der Waals surface area (Å²) in [6.45, 7) is 15.2. The molecule has 0 radical (unpaired) electrons. The molecule has 0 spiro atoms. The summed E-state index contributed by atoms with van der Waals surface area (Å²) < 4.78 is 27.1. The highest BCUT2D eigenvalue weighted by molar-refractivity contribution is 4.43. The second kappa shape index (κ2) is 17.2. The smallest absolute Gasteiger partial charge is 0.0701 e. The second-order valence-corrected chi connectivity index (χ2v) is 6.10. The van der Waals surface area contributed by atoms with Crippen molar-refractivity contribution in [1.29, 1.82) is 0 Å². The molecule has 0 fully saturated rings. The van der Waals surface area contributed by atoms with E-state index >= 15 is 0 Å². The van der Waals surface area contributed by atoms with Crippen molar-refractivity contribution in [3.05, 3.63) is 0 Å². The number of ether oxygens (including phenoxy) is 5. The van der Waals surface area contributed by atoms with Gasteiger partial charge in [-0.3, -0.25) is 0 Å². The lowest BCUT2D eigenvalue weighted by molar-refractivity contribution is -0.0132. The summed E-state index contributed by atoms with van der Waals surface area (Å²) in [6, 6.07) is 0. The molecule has 0 amide bonds. The van der Waals surface area contributed by atoms with Crippen molar-refractivity contribution in [3.63, 3.8) is 0 Å². The van der Waals surface area contributed by atoms with Crippen molar-refractivity contribution in [2.75, 3.05) is 66.1 Å². The van der Waals surface area contributed by atoms with Crippen LogP contribution in [0.5, 0.6) is 0 Å². The van der Waals surface area contributed by atoms with Gasteiger partial charge >= 0.3 is 0 Å². The normalized spacial score (nSPS) is 11.7. The Balaban J connectivity index is 2.97. The van der Waals surface area contributed by atoms with Crippen LogP contribution in [-0.2, 0) is 23.7 Å². The molecule has 0 aromatic carbocycles. The maximum Gasteiger partial charge on any atom is 0.0701 e. The third-order valence-electron chi connectivity index (χ3n) is 2.78. The van der Waals surface area contributed by atoms with Gasteiger partial charge in [0.15, 0.2) is 0 Å². The molecule has 0 bridgehead atoms. The van der Waals surface area contributed by atoms with Crippen molar-refractivity contribution < 1.29 is 23.7 Å². The standard InChI is InChI=1S/C17H36O5/c1-16(2)5-6-18-7-8-19-9-10-20-11-12-21-13-14-22-15-17(3)4/h16-17H,5-15H2,1-4H3. The van der Waals surface area contributed by atoms with E-state index < -0.39 is 0 Å². The van der Waals surface area contributed by atoms with E-state index in [4.69, 9.17) is 23.7 Å². The fourth-order valence-electron chi connectivity index (χ4n) is 1.52. The molecular weight excluding hydrogens is 284 g/mol. The fourth-order valence-corrected chi connectivity index (χ4v) is 1.52. The minimum atomic E-state index is 0.573. The van der Waals surface area contributed by atoms with Crippen LogP contribution < -0.4 is 0 Å². The van der Waals surface area contributed by atoms with E-state index in [1.165, 1.54) is 0 Å². The van der Waals surface area contributed by atoms with E-state index in [-0.39, 0.29) is 0 Å². The predicted molar refractivity (Wildman–Crippen MR) is 88.4 cm³/mol. The summed E-state index contributed by atoms with van der Waals surface area (Å²) in [5.41, 5.74) is 0. The third-order valence-corrected chi connectivity index (χ3v) is 2.78. The van der Waals surface area contributed by atoms with Crippen molar-refractivity contribution in [1.82, 2.24) is 0 Å². The molecule has 0 heterocycles. The lowest BCUT2D eigenvalue weighted by atomic mass is 10.1. The molecule has 0 saturated carbocycles. The van der Waals surface area contributed by atoms with Crippen LogP contribution in [0.25, 0.3) is 0 Å². The van der Waals surface area contributed by atoms with Gasteiger partial charge in [-0.05, 0) is 18.3 Å². The first kappa shape index (κ1) is 21.8. The zero-order valence-corrected chi connectivity index (χ0v) is 15.0. The SMILES string of the molecule is CC(C)CCOCCOCCOCCOCCOCC(C)C. The molecule has 5 nitrogen and oxygen atoms in total. The molecule has 5 heteroatoms. The van der Waals surface area contributed by atoms with Gasteiger partial charge in [-0.1, -0.05) is 27.7 Å². The molecule has 0 aliphatic heterocycles. The van der Waals surface area contributed by atoms with Gasteiger partial charge in [-0.2, -0.15) is 0 Å².